The topological polar surface area (TPSA) is 122 Å². The summed E-state index contributed by atoms with van der Waals surface area (Å²) in [6, 6.07) is 9.58. The van der Waals surface area contributed by atoms with Crippen molar-refractivity contribution >= 4 is 44.9 Å². The molecule has 1 fully saturated rings. The van der Waals surface area contributed by atoms with Crippen molar-refractivity contribution in [2.75, 3.05) is 4.31 Å². The minimum atomic E-state index is -2.52. The quantitative estimate of drug-likeness (QED) is 0.334. The summed E-state index contributed by atoms with van der Waals surface area (Å²) in [5, 5.41) is 20.0. The number of anilines is 1. The first kappa shape index (κ1) is 23.5. The van der Waals surface area contributed by atoms with Crippen molar-refractivity contribution in [2.45, 2.75) is 57.9 Å². The summed E-state index contributed by atoms with van der Waals surface area (Å²) in [5.41, 5.74) is 3.42. The summed E-state index contributed by atoms with van der Waals surface area (Å²) < 4.78 is 30.9. The fourth-order valence-corrected chi connectivity index (χ4v) is 5.85. The highest BCUT2D eigenvalue weighted by molar-refractivity contribution is 7.80. The minimum Gasteiger partial charge on any atom is -0.480 e. The zero-order valence-electron chi connectivity index (χ0n) is 19.6. The molecule has 2 aromatic heterocycles. The van der Waals surface area contributed by atoms with E-state index in [-0.39, 0.29) is 5.92 Å². The average molecular weight is 497 g/mol. The second-order valence-electron chi connectivity index (χ2n) is 9.47. The zero-order chi connectivity index (χ0) is 24.7. The SMILES string of the molecule is CC(C)C(C(=O)O)N(c1ccc2oc3cc(-n4cc(C5CCCCC5)nn4)ccc3c2c1)S(=O)O. The first-order valence-corrected chi connectivity index (χ1v) is 12.9. The molecule has 0 aliphatic heterocycles. The molecule has 1 aliphatic rings. The number of aliphatic carboxylic acids is 1. The minimum absolute atomic E-state index is 0.333. The number of aromatic nitrogens is 3. The standard InChI is InChI=1S/C25H28N4O5S/c1-15(2)24(25(30)31)29(35(32)33)18-9-11-22-20(12-18)19-10-8-17(13-23(19)34-22)28-14-21(26-27-28)16-6-4-3-5-7-16/h8-16,24H,3-7H2,1-2H3,(H,30,31)(H,32,33). The fourth-order valence-electron chi connectivity index (χ4n) is 5.03. The van der Waals surface area contributed by atoms with E-state index in [2.05, 4.69) is 10.3 Å². The summed E-state index contributed by atoms with van der Waals surface area (Å²) >= 11 is -2.52. The van der Waals surface area contributed by atoms with Crippen molar-refractivity contribution in [1.82, 2.24) is 15.0 Å². The maximum absolute atomic E-state index is 12.1. The highest BCUT2D eigenvalue weighted by Gasteiger charge is 2.33. The van der Waals surface area contributed by atoms with Crippen LogP contribution < -0.4 is 4.31 Å². The highest BCUT2D eigenvalue weighted by Crippen LogP contribution is 2.35. The molecular weight excluding hydrogens is 468 g/mol. The molecule has 0 spiro atoms. The van der Waals surface area contributed by atoms with E-state index < -0.39 is 23.3 Å². The van der Waals surface area contributed by atoms with Crippen LogP contribution in [0.4, 0.5) is 5.69 Å². The Labute approximate surface area is 205 Å². The van der Waals surface area contributed by atoms with Gasteiger partial charge in [-0.05, 0) is 49.1 Å². The van der Waals surface area contributed by atoms with Gasteiger partial charge in [-0.2, -0.15) is 0 Å². The molecule has 0 bridgehead atoms. The van der Waals surface area contributed by atoms with Gasteiger partial charge in [-0.15, -0.1) is 5.10 Å². The fraction of sp³-hybridized carbons (Fsp3) is 0.400. The Morgan fingerprint density at radius 1 is 1.11 bits per heavy atom. The number of hydrogen-bond acceptors (Lipinski definition) is 5. The van der Waals surface area contributed by atoms with Crippen LogP contribution in [0.2, 0.25) is 0 Å². The van der Waals surface area contributed by atoms with E-state index in [1.807, 2.05) is 24.4 Å². The summed E-state index contributed by atoms with van der Waals surface area (Å²) in [6.07, 6.45) is 8.05. The normalized spacial score (nSPS) is 16.7. The van der Waals surface area contributed by atoms with E-state index in [4.69, 9.17) is 4.42 Å². The van der Waals surface area contributed by atoms with Gasteiger partial charge in [-0.3, -0.25) is 8.86 Å². The summed E-state index contributed by atoms with van der Waals surface area (Å²) in [7, 11) is 0. The molecule has 5 rings (SSSR count). The van der Waals surface area contributed by atoms with Crippen molar-refractivity contribution in [3.8, 4) is 5.69 Å². The monoisotopic (exact) mass is 496 g/mol. The van der Waals surface area contributed by atoms with Crippen LogP contribution >= 0.6 is 0 Å². The smallest absolute Gasteiger partial charge is 0.327 e. The van der Waals surface area contributed by atoms with Crippen LogP contribution in [-0.4, -0.2) is 40.9 Å². The first-order chi connectivity index (χ1) is 16.8. The Bertz CT molecular complexity index is 1410. The molecule has 2 unspecified atom stereocenters. The predicted molar refractivity (Wildman–Crippen MR) is 134 cm³/mol. The number of benzene rings is 2. The van der Waals surface area contributed by atoms with Gasteiger partial charge in [0, 0.05) is 22.8 Å². The second-order valence-corrected chi connectivity index (χ2v) is 10.3. The number of carboxylic acids is 1. The molecule has 10 heteroatoms. The number of carbonyl (C=O) groups is 1. The van der Waals surface area contributed by atoms with Gasteiger partial charge in [-0.1, -0.05) is 38.3 Å². The van der Waals surface area contributed by atoms with Crippen LogP contribution in [-0.2, 0) is 16.1 Å². The molecular formula is C25H28N4O5S. The Morgan fingerprint density at radius 3 is 2.57 bits per heavy atom. The van der Waals surface area contributed by atoms with Crippen LogP contribution in [0.25, 0.3) is 27.6 Å². The van der Waals surface area contributed by atoms with Gasteiger partial charge in [0.1, 0.15) is 17.2 Å². The summed E-state index contributed by atoms with van der Waals surface area (Å²) in [6.45, 7) is 3.41. The predicted octanol–water partition coefficient (Wildman–Crippen LogP) is 5.27. The van der Waals surface area contributed by atoms with Gasteiger partial charge in [0.2, 0.25) is 0 Å². The zero-order valence-corrected chi connectivity index (χ0v) is 20.4. The molecule has 2 atom stereocenters. The number of rotatable bonds is 7. The molecule has 2 heterocycles. The van der Waals surface area contributed by atoms with E-state index in [0.717, 1.165) is 39.3 Å². The van der Waals surface area contributed by atoms with E-state index in [1.165, 1.54) is 19.3 Å². The molecule has 0 saturated heterocycles. The molecule has 35 heavy (non-hydrogen) atoms. The number of nitrogens with zero attached hydrogens (tertiary/aromatic N) is 4. The first-order valence-electron chi connectivity index (χ1n) is 11.9. The van der Waals surface area contributed by atoms with Crippen LogP contribution in [0.5, 0.6) is 0 Å². The second kappa shape index (κ2) is 9.43. The van der Waals surface area contributed by atoms with Crippen molar-refractivity contribution in [3.05, 3.63) is 48.3 Å². The maximum atomic E-state index is 12.1. The Morgan fingerprint density at radius 2 is 1.89 bits per heavy atom. The van der Waals surface area contributed by atoms with Gasteiger partial charge < -0.3 is 9.52 Å². The lowest BCUT2D eigenvalue weighted by Crippen LogP contribution is -2.45. The number of hydrogen-bond donors (Lipinski definition) is 2. The summed E-state index contributed by atoms with van der Waals surface area (Å²) in [5.74, 6) is -1.08. The number of furan rings is 1. The molecule has 0 radical (unpaired) electrons. The molecule has 4 aromatic rings. The third-order valence-corrected chi connectivity index (χ3v) is 7.57. The third-order valence-electron chi connectivity index (χ3n) is 6.80. The lowest BCUT2D eigenvalue weighted by atomic mass is 9.87. The maximum Gasteiger partial charge on any atom is 0.327 e. The van der Waals surface area contributed by atoms with Gasteiger partial charge in [0.15, 0.2) is 0 Å². The van der Waals surface area contributed by atoms with Gasteiger partial charge >= 0.3 is 5.97 Å². The van der Waals surface area contributed by atoms with Gasteiger partial charge in [-0.25, -0.2) is 13.7 Å². The Hall–Kier alpha value is -3.24. The largest absolute Gasteiger partial charge is 0.480 e. The van der Waals surface area contributed by atoms with Crippen LogP contribution in [0.3, 0.4) is 0 Å². The van der Waals surface area contributed by atoms with Gasteiger partial charge in [0.05, 0.1) is 23.3 Å². The molecule has 184 valence electrons. The van der Waals surface area contributed by atoms with Crippen molar-refractivity contribution in [3.63, 3.8) is 0 Å². The number of carboxylic acid groups (broad SMARTS) is 1. The number of fused-ring (bicyclic) bond motifs is 3. The molecule has 1 saturated carbocycles. The van der Waals surface area contributed by atoms with Crippen molar-refractivity contribution in [1.29, 1.82) is 0 Å². The Kier molecular flexibility index (Phi) is 6.33. The van der Waals surface area contributed by atoms with E-state index in [1.54, 1.807) is 36.7 Å². The summed E-state index contributed by atoms with van der Waals surface area (Å²) in [4.78, 5) is 11.8. The lowest BCUT2D eigenvalue weighted by molar-refractivity contribution is -0.139. The van der Waals surface area contributed by atoms with Crippen LogP contribution in [0.15, 0.2) is 47.0 Å². The van der Waals surface area contributed by atoms with E-state index in [9.17, 15) is 18.7 Å². The molecule has 2 N–H and O–H groups in total. The molecule has 0 amide bonds. The van der Waals surface area contributed by atoms with Crippen LogP contribution in [0.1, 0.15) is 57.6 Å². The third kappa shape index (κ3) is 4.43. The molecule has 1 aliphatic carbocycles. The Balaban J connectivity index is 1.51. The van der Waals surface area contributed by atoms with E-state index in [0.29, 0.717) is 22.8 Å². The average Bonchev–Trinajstić information content (AvgIpc) is 3.46. The lowest BCUT2D eigenvalue weighted by Gasteiger charge is -2.29. The van der Waals surface area contributed by atoms with Crippen LogP contribution in [0, 0.1) is 5.92 Å². The van der Waals surface area contributed by atoms with Crippen molar-refractivity contribution < 1.29 is 23.1 Å². The molecule has 2 aromatic carbocycles. The van der Waals surface area contributed by atoms with E-state index >= 15 is 0 Å². The van der Waals surface area contributed by atoms with Gasteiger partial charge in [0.25, 0.3) is 11.3 Å². The van der Waals surface area contributed by atoms with Crippen molar-refractivity contribution in [2.24, 2.45) is 5.92 Å². The molecule has 9 nitrogen and oxygen atoms in total. The highest BCUT2D eigenvalue weighted by atomic mass is 32.2.